The summed E-state index contributed by atoms with van der Waals surface area (Å²) in [7, 11) is 0. The first kappa shape index (κ1) is 12.3. The number of aromatic nitrogens is 3. The molecule has 0 radical (unpaired) electrons. The highest BCUT2D eigenvalue weighted by Crippen LogP contribution is 2.20. The van der Waals surface area contributed by atoms with E-state index in [1.807, 2.05) is 0 Å². The summed E-state index contributed by atoms with van der Waals surface area (Å²) in [4.78, 5) is 0. The molecule has 0 amide bonds. The van der Waals surface area contributed by atoms with Crippen LogP contribution in [0, 0.1) is 5.82 Å². The maximum atomic E-state index is 13.1. The van der Waals surface area contributed by atoms with Gasteiger partial charge in [0, 0.05) is 11.9 Å². The SMILES string of the molecule is Fc1ccc(Cl)c(-n2cc(CCCCl)nn2)c1. The summed E-state index contributed by atoms with van der Waals surface area (Å²) in [5.41, 5.74) is 1.29. The van der Waals surface area contributed by atoms with Crippen LogP contribution in [0.1, 0.15) is 12.1 Å². The van der Waals surface area contributed by atoms with E-state index in [0.29, 0.717) is 16.6 Å². The monoisotopic (exact) mass is 273 g/mol. The minimum atomic E-state index is -0.359. The smallest absolute Gasteiger partial charge is 0.125 e. The number of alkyl halides is 1. The Kier molecular flexibility index (Phi) is 3.97. The van der Waals surface area contributed by atoms with Gasteiger partial charge in [-0.3, -0.25) is 0 Å². The molecule has 0 aliphatic rings. The van der Waals surface area contributed by atoms with E-state index in [-0.39, 0.29) is 5.82 Å². The fraction of sp³-hybridized carbons (Fsp3) is 0.273. The first-order chi connectivity index (χ1) is 8.20. The van der Waals surface area contributed by atoms with Gasteiger partial charge in [0.25, 0.3) is 0 Å². The van der Waals surface area contributed by atoms with Gasteiger partial charge in [0.15, 0.2) is 0 Å². The lowest BCUT2D eigenvalue weighted by Crippen LogP contribution is -1.96. The van der Waals surface area contributed by atoms with E-state index in [2.05, 4.69) is 10.3 Å². The minimum Gasteiger partial charge on any atom is -0.219 e. The standard InChI is InChI=1S/C11H10Cl2FN3/c12-5-1-2-9-7-17(16-15-9)11-6-8(14)3-4-10(11)13/h3-4,6-7H,1-2,5H2. The van der Waals surface area contributed by atoms with E-state index < -0.39 is 0 Å². The van der Waals surface area contributed by atoms with Gasteiger partial charge in [-0.1, -0.05) is 16.8 Å². The second-order valence-electron chi connectivity index (χ2n) is 3.54. The maximum absolute atomic E-state index is 13.1. The Morgan fingerprint density at radius 2 is 2.18 bits per heavy atom. The Labute approximate surface area is 108 Å². The number of hydrogen-bond donors (Lipinski definition) is 0. The molecule has 0 aliphatic carbocycles. The Hall–Kier alpha value is -1.13. The quantitative estimate of drug-likeness (QED) is 0.801. The number of aryl methyl sites for hydroxylation is 1. The Morgan fingerprint density at radius 3 is 2.94 bits per heavy atom. The van der Waals surface area contributed by atoms with Crippen molar-refractivity contribution >= 4 is 23.2 Å². The van der Waals surface area contributed by atoms with Crippen molar-refractivity contribution in [2.75, 3.05) is 5.88 Å². The molecule has 1 heterocycles. The van der Waals surface area contributed by atoms with Crippen molar-refractivity contribution < 1.29 is 4.39 Å². The average molecular weight is 274 g/mol. The molecule has 0 aliphatic heterocycles. The first-order valence-electron chi connectivity index (χ1n) is 5.13. The second-order valence-corrected chi connectivity index (χ2v) is 4.33. The predicted octanol–water partition coefficient (Wildman–Crippen LogP) is 3.23. The van der Waals surface area contributed by atoms with E-state index in [1.165, 1.54) is 22.9 Å². The Balaban J connectivity index is 2.27. The molecule has 2 rings (SSSR count). The lowest BCUT2D eigenvalue weighted by atomic mass is 10.3. The summed E-state index contributed by atoms with van der Waals surface area (Å²) < 4.78 is 14.6. The first-order valence-corrected chi connectivity index (χ1v) is 6.04. The van der Waals surface area contributed by atoms with Gasteiger partial charge in [-0.2, -0.15) is 0 Å². The molecule has 0 unspecified atom stereocenters. The van der Waals surface area contributed by atoms with Gasteiger partial charge in [0.2, 0.25) is 0 Å². The Bertz CT molecular complexity index is 513. The van der Waals surface area contributed by atoms with Crippen LogP contribution < -0.4 is 0 Å². The summed E-state index contributed by atoms with van der Waals surface area (Å²) in [5, 5.41) is 8.32. The number of halogens is 3. The van der Waals surface area contributed by atoms with Crippen LogP contribution in [-0.2, 0) is 6.42 Å². The van der Waals surface area contributed by atoms with Gasteiger partial charge >= 0.3 is 0 Å². The summed E-state index contributed by atoms with van der Waals surface area (Å²) >= 11 is 11.6. The molecule has 0 saturated heterocycles. The third kappa shape index (κ3) is 2.96. The van der Waals surface area contributed by atoms with Gasteiger partial charge < -0.3 is 0 Å². The maximum Gasteiger partial charge on any atom is 0.125 e. The molecule has 0 saturated carbocycles. The van der Waals surface area contributed by atoms with Crippen molar-refractivity contribution in [3.63, 3.8) is 0 Å². The van der Waals surface area contributed by atoms with Crippen molar-refractivity contribution in [2.24, 2.45) is 0 Å². The van der Waals surface area contributed by atoms with E-state index in [1.54, 1.807) is 6.20 Å². The van der Waals surface area contributed by atoms with Crippen LogP contribution >= 0.6 is 23.2 Å². The van der Waals surface area contributed by atoms with Gasteiger partial charge in [-0.15, -0.1) is 16.7 Å². The number of nitrogens with zero attached hydrogens (tertiary/aromatic N) is 3. The lowest BCUT2D eigenvalue weighted by molar-refractivity contribution is 0.625. The number of hydrogen-bond acceptors (Lipinski definition) is 2. The largest absolute Gasteiger partial charge is 0.219 e. The van der Waals surface area contributed by atoms with Crippen LogP contribution in [0.2, 0.25) is 5.02 Å². The molecule has 0 bridgehead atoms. The van der Waals surface area contributed by atoms with E-state index in [0.717, 1.165) is 18.5 Å². The highest BCUT2D eigenvalue weighted by molar-refractivity contribution is 6.32. The highest BCUT2D eigenvalue weighted by atomic mass is 35.5. The van der Waals surface area contributed by atoms with Gasteiger partial charge in [-0.25, -0.2) is 9.07 Å². The van der Waals surface area contributed by atoms with Crippen LogP contribution in [0.5, 0.6) is 0 Å². The zero-order valence-corrected chi connectivity index (χ0v) is 10.4. The van der Waals surface area contributed by atoms with Gasteiger partial charge in [0.1, 0.15) is 5.82 Å². The molecular weight excluding hydrogens is 264 g/mol. The molecule has 1 aromatic heterocycles. The zero-order chi connectivity index (χ0) is 12.3. The van der Waals surface area contributed by atoms with Crippen LogP contribution in [-0.4, -0.2) is 20.9 Å². The normalized spacial score (nSPS) is 10.8. The summed E-state index contributed by atoms with van der Waals surface area (Å²) in [6, 6.07) is 4.12. The van der Waals surface area contributed by atoms with Crippen molar-refractivity contribution in [2.45, 2.75) is 12.8 Å². The predicted molar refractivity (Wildman–Crippen MR) is 65.4 cm³/mol. The molecule has 1 aromatic carbocycles. The number of benzene rings is 1. The second kappa shape index (κ2) is 5.47. The molecule has 0 atom stereocenters. The molecule has 0 fully saturated rings. The molecule has 3 nitrogen and oxygen atoms in total. The van der Waals surface area contributed by atoms with Crippen molar-refractivity contribution in [3.05, 3.63) is 40.9 Å². The molecule has 2 aromatic rings. The topological polar surface area (TPSA) is 30.7 Å². The van der Waals surface area contributed by atoms with E-state index in [9.17, 15) is 4.39 Å². The fourth-order valence-corrected chi connectivity index (χ4v) is 1.78. The lowest BCUT2D eigenvalue weighted by Gasteiger charge is -2.02. The number of rotatable bonds is 4. The molecule has 0 N–H and O–H groups in total. The van der Waals surface area contributed by atoms with E-state index >= 15 is 0 Å². The zero-order valence-electron chi connectivity index (χ0n) is 8.91. The van der Waals surface area contributed by atoms with Crippen molar-refractivity contribution in [1.82, 2.24) is 15.0 Å². The summed E-state index contributed by atoms with van der Waals surface area (Å²) in [6.07, 6.45) is 3.31. The molecule has 6 heteroatoms. The third-order valence-electron chi connectivity index (χ3n) is 2.26. The Morgan fingerprint density at radius 1 is 1.35 bits per heavy atom. The molecular formula is C11H10Cl2FN3. The third-order valence-corrected chi connectivity index (χ3v) is 2.85. The summed E-state index contributed by atoms with van der Waals surface area (Å²) in [5.74, 6) is 0.218. The van der Waals surface area contributed by atoms with Gasteiger partial charge in [0.05, 0.1) is 22.6 Å². The molecule has 17 heavy (non-hydrogen) atoms. The minimum absolute atomic E-state index is 0.359. The van der Waals surface area contributed by atoms with Gasteiger partial charge in [-0.05, 0) is 25.0 Å². The average Bonchev–Trinajstić information content (AvgIpc) is 2.78. The van der Waals surface area contributed by atoms with E-state index in [4.69, 9.17) is 23.2 Å². The fourth-order valence-electron chi connectivity index (χ4n) is 1.44. The van der Waals surface area contributed by atoms with Crippen molar-refractivity contribution in [1.29, 1.82) is 0 Å². The van der Waals surface area contributed by atoms with Crippen LogP contribution in [0.25, 0.3) is 5.69 Å². The molecule has 90 valence electrons. The highest BCUT2D eigenvalue weighted by Gasteiger charge is 2.07. The van der Waals surface area contributed by atoms with Crippen LogP contribution in [0.4, 0.5) is 4.39 Å². The van der Waals surface area contributed by atoms with Crippen molar-refractivity contribution in [3.8, 4) is 5.69 Å². The van der Waals surface area contributed by atoms with Crippen LogP contribution in [0.15, 0.2) is 24.4 Å². The molecule has 0 spiro atoms. The summed E-state index contributed by atoms with van der Waals surface area (Å²) in [6.45, 7) is 0. The van der Waals surface area contributed by atoms with Crippen LogP contribution in [0.3, 0.4) is 0 Å².